The Morgan fingerprint density at radius 2 is 2.14 bits per heavy atom. The van der Waals surface area contributed by atoms with E-state index in [-0.39, 0.29) is 11.9 Å². The number of aryl methyl sites for hydroxylation is 1. The molecular weight excluding hydrogens is 278 g/mol. The first-order chi connectivity index (χ1) is 10.6. The minimum Gasteiger partial charge on any atom is -0.441 e. The van der Waals surface area contributed by atoms with Crippen molar-refractivity contribution in [3.05, 3.63) is 36.4 Å². The maximum Gasteiger partial charge on any atom is 0.224 e. The highest BCUT2D eigenvalue weighted by Gasteiger charge is 2.25. The Kier molecular flexibility index (Phi) is 4.24. The number of nitrogens with zero attached hydrogens (tertiary/aromatic N) is 1. The van der Waals surface area contributed by atoms with Gasteiger partial charge in [0, 0.05) is 30.6 Å². The Morgan fingerprint density at radius 1 is 1.36 bits per heavy atom. The molecule has 1 amide bonds. The number of nitrogens with two attached hydrogens (primary N) is 1. The van der Waals surface area contributed by atoms with Gasteiger partial charge in [-0.05, 0) is 43.0 Å². The molecule has 1 fully saturated rings. The number of aromatic nitrogens is 1. The minimum absolute atomic E-state index is 0.0330. The number of nitrogens with one attached hydrogen (secondary N) is 1. The third-order valence-electron chi connectivity index (χ3n) is 4.24. The zero-order valence-corrected chi connectivity index (χ0v) is 12.7. The molecule has 22 heavy (non-hydrogen) atoms. The lowest BCUT2D eigenvalue weighted by molar-refractivity contribution is -0.117. The number of benzene rings is 1. The first kappa shape index (κ1) is 14.8. The zero-order chi connectivity index (χ0) is 15.5. The van der Waals surface area contributed by atoms with Crippen LogP contribution in [-0.2, 0) is 4.79 Å². The van der Waals surface area contributed by atoms with Gasteiger partial charge in [-0.1, -0.05) is 6.42 Å². The van der Waals surface area contributed by atoms with Crippen molar-refractivity contribution in [2.75, 3.05) is 5.32 Å². The summed E-state index contributed by atoms with van der Waals surface area (Å²) in [6.07, 6.45) is 5.42. The van der Waals surface area contributed by atoms with Gasteiger partial charge in [-0.15, -0.1) is 0 Å². The van der Waals surface area contributed by atoms with E-state index in [1.165, 1.54) is 0 Å². The van der Waals surface area contributed by atoms with Crippen molar-refractivity contribution in [1.29, 1.82) is 0 Å². The van der Waals surface area contributed by atoms with Crippen molar-refractivity contribution >= 4 is 11.6 Å². The van der Waals surface area contributed by atoms with Gasteiger partial charge < -0.3 is 15.5 Å². The largest absolute Gasteiger partial charge is 0.441 e. The summed E-state index contributed by atoms with van der Waals surface area (Å²) >= 11 is 0. The molecule has 0 radical (unpaired) electrons. The molecule has 1 aliphatic rings. The quantitative estimate of drug-likeness (QED) is 0.909. The summed E-state index contributed by atoms with van der Waals surface area (Å²) in [4.78, 5) is 16.2. The standard InChI is InChI=1S/C17H21N3O2/c1-11-19-10-16(22-11)12-5-7-14(8-6-12)20-17(21)9-13-3-2-4-15(13)18/h5-8,10,13,15H,2-4,9,18H2,1H3,(H,20,21)/t13-,15+/m0/s1. The van der Waals surface area contributed by atoms with Crippen LogP contribution in [0.25, 0.3) is 11.3 Å². The Labute approximate surface area is 129 Å². The van der Waals surface area contributed by atoms with Gasteiger partial charge in [0.2, 0.25) is 5.91 Å². The average Bonchev–Trinajstić information content (AvgIpc) is 3.09. The Balaban J connectivity index is 1.60. The summed E-state index contributed by atoms with van der Waals surface area (Å²) in [6, 6.07) is 7.75. The maximum absolute atomic E-state index is 12.1. The lowest BCUT2D eigenvalue weighted by Gasteiger charge is -2.14. The number of oxazole rings is 1. The van der Waals surface area contributed by atoms with Crippen LogP contribution in [0.3, 0.4) is 0 Å². The smallest absolute Gasteiger partial charge is 0.224 e. The molecule has 1 aliphatic carbocycles. The molecular formula is C17H21N3O2. The van der Waals surface area contributed by atoms with Crippen LogP contribution in [0.5, 0.6) is 0 Å². The second-order valence-electron chi connectivity index (χ2n) is 5.93. The van der Waals surface area contributed by atoms with Gasteiger partial charge in [0.05, 0.1) is 6.20 Å². The highest BCUT2D eigenvalue weighted by molar-refractivity contribution is 5.91. The fourth-order valence-electron chi connectivity index (χ4n) is 2.98. The van der Waals surface area contributed by atoms with E-state index in [9.17, 15) is 4.79 Å². The summed E-state index contributed by atoms with van der Waals surface area (Å²) in [6.45, 7) is 1.81. The third-order valence-corrected chi connectivity index (χ3v) is 4.24. The monoisotopic (exact) mass is 299 g/mol. The van der Waals surface area contributed by atoms with E-state index in [4.69, 9.17) is 10.2 Å². The van der Waals surface area contributed by atoms with Crippen LogP contribution in [0.1, 0.15) is 31.6 Å². The molecule has 0 aliphatic heterocycles. The molecule has 3 N–H and O–H groups in total. The molecule has 1 heterocycles. The van der Waals surface area contributed by atoms with Gasteiger partial charge in [-0.3, -0.25) is 4.79 Å². The summed E-state index contributed by atoms with van der Waals surface area (Å²) in [5.74, 6) is 1.72. The van der Waals surface area contributed by atoms with Crippen molar-refractivity contribution in [1.82, 2.24) is 4.98 Å². The summed E-state index contributed by atoms with van der Waals surface area (Å²) < 4.78 is 5.48. The molecule has 0 bridgehead atoms. The molecule has 1 saturated carbocycles. The van der Waals surface area contributed by atoms with E-state index in [1.807, 2.05) is 31.2 Å². The molecule has 0 saturated heterocycles. The van der Waals surface area contributed by atoms with Crippen molar-refractivity contribution in [2.24, 2.45) is 11.7 Å². The number of anilines is 1. The van der Waals surface area contributed by atoms with Crippen molar-refractivity contribution < 1.29 is 9.21 Å². The summed E-state index contributed by atoms with van der Waals surface area (Å²) in [5, 5.41) is 2.93. The molecule has 1 aromatic heterocycles. The number of carbonyl (C=O) groups is 1. The predicted molar refractivity (Wildman–Crippen MR) is 85.2 cm³/mol. The third kappa shape index (κ3) is 3.36. The van der Waals surface area contributed by atoms with Gasteiger partial charge in [-0.25, -0.2) is 4.98 Å². The van der Waals surface area contributed by atoms with Crippen LogP contribution in [0.4, 0.5) is 5.69 Å². The van der Waals surface area contributed by atoms with Gasteiger partial charge >= 0.3 is 0 Å². The molecule has 5 nitrogen and oxygen atoms in total. The predicted octanol–water partition coefficient (Wildman–Crippen LogP) is 3.11. The topological polar surface area (TPSA) is 81.2 Å². The highest BCUT2D eigenvalue weighted by Crippen LogP contribution is 2.27. The first-order valence-electron chi connectivity index (χ1n) is 7.70. The number of hydrogen-bond acceptors (Lipinski definition) is 4. The second-order valence-corrected chi connectivity index (χ2v) is 5.93. The van der Waals surface area contributed by atoms with Gasteiger partial charge in [-0.2, -0.15) is 0 Å². The zero-order valence-electron chi connectivity index (χ0n) is 12.7. The normalized spacial score (nSPS) is 21.0. The summed E-state index contributed by atoms with van der Waals surface area (Å²) in [7, 11) is 0. The molecule has 1 aromatic carbocycles. The fourth-order valence-corrected chi connectivity index (χ4v) is 2.98. The maximum atomic E-state index is 12.1. The van der Waals surface area contributed by atoms with Crippen LogP contribution in [0.15, 0.2) is 34.9 Å². The highest BCUT2D eigenvalue weighted by atomic mass is 16.4. The van der Waals surface area contributed by atoms with E-state index in [0.29, 0.717) is 18.2 Å². The minimum atomic E-state index is 0.0330. The molecule has 116 valence electrons. The Hall–Kier alpha value is -2.14. The van der Waals surface area contributed by atoms with Crippen molar-refractivity contribution in [3.8, 4) is 11.3 Å². The van der Waals surface area contributed by atoms with E-state index in [2.05, 4.69) is 10.3 Å². The van der Waals surface area contributed by atoms with Crippen molar-refractivity contribution in [3.63, 3.8) is 0 Å². The first-order valence-corrected chi connectivity index (χ1v) is 7.70. The number of rotatable bonds is 4. The molecule has 2 atom stereocenters. The SMILES string of the molecule is Cc1ncc(-c2ccc(NC(=O)C[C@@H]3CCC[C@H]3N)cc2)o1. The lowest BCUT2D eigenvalue weighted by atomic mass is 10.00. The average molecular weight is 299 g/mol. The molecule has 0 spiro atoms. The summed E-state index contributed by atoms with van der Waals surface area (Å²) in [5.41, 5.74) is 7.74. The molecule has 0 unspecified atom stereocenters. The fraction of sp³-hybridized carbons (Fsp3) is 0.412. The van der Waals surface area contributed by atoms with E-state index >= 15 is 0 Å². The van der Waals surface area contributed by atoms with Gasteiger partial charge in [0.25, 0.3) is 0 Å². The number of hydrogen-bond donors (Lipinski definition) is 2. The van der Waals surface area contributed by atoms with Crippen LogP contribution in [0, 0.1) is 12.8 Å². The van der Waals surface area contributed by atoms with Gasteiger partial charge in [0.1, 0.15) is 0 Å². The van der Waals surface area contributed by atoms with Crippen molar-refractivity contribution in [2.45, 2.75) is 38.6 Å². The van der Waals surface area contributed by atoms with Crippen LogP contribution in [-0.4, -0.2) is 16.9 Å². The molecule has 5 heteroatoms. The molecule has 2 aromatic rings. The molecule has 3 rings (SSSR count). The van der Waals surface area contributed by atoms with Gasteiger partial charge in [0.15, 0.2) is 11.7 Å². The Bertz CT molecular complexity index is 648. The Morgan fingerprint density at radius 3 is 2.73 bits per heavy atom. The van der Waals surface area contributed by atoms with E-state index in [1.54, 1.807) is 6.20 Å². The number of carbonyl (C=O) groups excluding carboxylic acids is 1. The van der Waals surface area contributed by atoms with E-state index in [0.717, 1.165) is 36.3 Å². The van der Waals surface area contributed by atoms with Crippen LogP contribution < -0.4 is 11.1 Å². The van der Waals surface area contributed by atoms with Crippen LogP contribution in [0.2, 0.25) is 0 Å². The number of amides is 1. The second kappa shape index (κ2) is 6.32. The lowest BCUT2D eigenvalue weighted by Crippen LogP contribution is -2.28. The van der Waals surface area contributed by atoms with E-state index < -0.39 is 0 Å². The van der Waals surface area contributed by atoms with Crippen LogP contribution >= 0.6 is 0 Å².